The van der Waals surface area contributed by atoms with Crippen LogP contribution in [0.1, 0.15) is 51.9 Å². The first-order valence-electron chi connectivity index (χ1n) is 8.52. The number of allylic oxidation sites excluding steroid dienone is 2. The third kappa shape index (κ3) is 4.30. The molecule has 0 spiro atoms. The molecule has 0 heterocycles. The lowest BCUT2D eigenvalue weighted by atomic mass is 9.90. The zero-order valence-electron chi connectivity index (χ0n) is 13.9. The maximum absolute atomic E-state index is 12.6. The van der Waals surface area contributed by atoms with Gasteiger partial charge in [-0.25, -0.2) is 0 Å². The van der Waals surface area contributed by atoms with Gasteiger partial charge in [-0.05, 0) is 66.0 Å². The molecule has 0 unspecified atom stereocenters. The molecule has 1 amide bonds. The molecule has 2 rings (SSSR count). The zero-order chi connectivity index (χ0) is 15.2. The molecule has 0 saturated heterocycles. The summed E-state index contributed by atoms with van der Waals surface area (Å²) >= 11 is 0. The number of rotatable bonds is 6. The van der Waals surface area contributed by atoms with E-state index in [1.807, 2.05) is 11.9 Å². The van der Waals surface area contributed by atoms with Gasteiger partial charge in [-0.15, -0.1) is 0 Å². The number of hydrogen-bond donors (Lipinski definition) is 1. The van der Waals surface area contributed by atoms with Crippen LogP contribution in [0.15, 0.2) is 11.8 Å². The smallest absolute Gasteiger partial charge is 0.240 e. The van der Waals surface area contributed by atoms with Gasteiger partial charge >= 0.3 is 0 Å². The summed E-state index contributed by atoms with van der Waals surface area (Å²) in [5.41, 5.74) is 1.25. The van der Waals surface area contributed by atoms with E-state index in [1.165, 1.54) is 37.8 Å². The van der Waals surface area contributed by atoms with Crippen molar-refractivity contribution in [3.8, 4) is 0 Å². The molecule has 0 aliphatic heterocycles. The lowest BCUT2D eigenvalue weighted by molar-refractivity contribution is -0.130. The number of amides is 1. The Labute approximate surface area is 129 Å². The number of carbonyl (C=O) groups is 1. The first-order chi connectivity index (χ1) is 10.2. The first-order valence-corrected chi connectivity index (χ1v) is 8.52. The first kappa shape index (κ1) is 16.5. The van der Waals surface area contributed by atoms with Crippen LogP contribution in [-0.4, -0.2) is 55.0 Å². The van der Waals surface area contributed by atoms with Crippen LogP contribution in [0.25, 0.3) is 0 Å². The summed E-state index contributed by atoms with van der Waals surface area (Å²) in [4.78, 5) is 16.8. The van der Waals surface area contributed by atoms with Gasteiger partial charge in [-0.2, -0.15) is 0 Å². The second-order valence-electron chi connectivity index (χ2n) is 6.43. The Kier molecular flexibility index (Phi) is 6.24. The molecule has 120 valence electrons. The van der Waals surface area contributed by atoms with Crippen LogP contribution in [-0.2, 0) is 4.79 Å². The largest absolute Gasteiger partial charge is 0.317 e. The van der Waals surface area contributed by atoms with Gasteiger partial charge in [0.25, 0.3) is 0 Å². The molecule has 4 nitrogen and oxygen atoms in total. The summed E-state index contributed by atoms with van der Waals surface area (Å²) in [6, 6.07) is 1.23. The van der Waals surface area contributed by atoms with Crippen molar-refractivity contribution in [3.05, 3.63) is 11.8 Å². The van der Waals surface area contributed by atoms with Crippen molar-refractivity contribution in [2.24, 2.45) is 0 Å². The van der Waals surface area contributed by atoms with Crippen LogP contribution in [0.4, 0.5) is 0 Å². The molecule has 0 atom stereocenters. The van der Waals surface area contributed by atoms with Crippen LogP contribution in [0.2, 0.25) is 0 Å². The van der Waals surface area contributed by atoms with Crippen molar-refractivity contribution in [1.29, 1.82) is 0 Å². The van der Waals surface area contributed by atoms with Crippen LogP contribution in [0.5, 0.6) is 0 Å². The van der Waals surface area contributed by atoms with Gasteiger partial charge in [0.05, 0.1) is 6.54 Å². The lowest BCUT2D eigenvalue weighted by Crippen LogP contribution is -2.45. The topological polar surface area (TPSA) is 35.6 Å². The number of hydrogen-bond acceptors (Lipinski definition) is 3. The summed E-state index contributed by atoms with van der Waals surface area (Å²) in [5, 5.41) is 3.37. The van der Waals surface area contributed by atoms with Crippen molar-refractivity contribution >= 4 is 5.91 Å². The van der Waals surface area contributed by atoms with E-state index < -0.39 is 0 Å². The number of nitrogens with zero attached hydrogens (tertiary/aromatic N) is 2. The predicted octanol–water partition coefficient (Wildman–Crippen LogP) is 2.37. The Balaban J connectivity index is 1.83. The van der Waals surface area contributed by atoms with Crippen LogP contribution in [0.3, 0.4) is 0 Å². The van der Waals surface area contributed by atoms with Crippen molar-refractivity contribution in [2.75, 3.05) is 27.2 Å². The van der Waals surface area contributed by atoms with E-state index in [2.05, 4.69) is 30.3 Å². The minimum atomic E-state index is 0.267. The number of carbonyl (C=O) groups excluding carboxylic acids is 1. The SMILES string of the molecule is CCN(C(=O)CN(C)C1CCC(NC)CC1)C1=CCCC1. The lowest BCUT2D eigenvalue weighted by Gasteiger charge is -2.35. The summed E-state index contributed by atoms with van der Waals surface area (Å²) in [5.74, 6) is 0.267. The van der Waals surface area contributed by atoms with E-state index in [9.17, 15) is 4.79 Å². The highest BCUT2D eigenvalue weighted by Gasteiger charge is 2.26. The van der Waals surface area contributed by atoms with Gasteiger partial charge in [0.15, 0.2) is 0 Å². The Morgan fingerprint density at radius 2 is 2.05 bits per heavy atom. The normalized spacial score (nSPS) is 26.0. The highest BCUT2D eigenvalue weighted by Crippen LogP contribution is 2.24. The average molecular weight is 293 g/mol. The molecule has 1 saturated carbocycles. The molecule has 0 bridgehead atoms. The predicted molar refractivity (Wildman–Crippen MR) is 87.1 cm³/mol. The van der Waals surface area contributed by atoms with Gasteiger partial charge < -0.3 is 10.2 Å². The van der Waals surface area contributed by atoms with E-state index in [0.717, 1.165) is 19.4 Å². The van der Waals surface area contributed by atoms with Crippen LogP contribution in [0, 0.1) is 0 Å². The Hall–Kier alpha value is -0.870. The highest BCUT2D eigenvalue weighted by molar-refractivity contribution is 5.80. The molecule has 21 heavy (non-hydrogen) atoms. The highest BCUT2D eigenvalue weighted by atomic mass is 16.2. The molecule has 0 aromatic heterocycles. The zero-order valence-corrected chi connectivity index (χ0v) is 13.9. The molecule has 0 aromatic rings. The van der Waals surface area contributed by atoms with Crippen molar-refractivity contribution in [1.82, 2.24) is 15.1 Å². The van der Waals surface area contributed by atoms with E-state index in [-0.39, 0.29) is 5.91 Å². The van der Waals surface area contributed by atoms with Crippen molar-refractivity contribution < 1.29 is 4.79 Å². The minimum Gasteiger partial charge on any atom is -0.317 e. The molecule has 0 radical (unpaired) electrons. The molecule has 0 aromatic carbocycles. The molecular formula is C17H31N3O. The molecule has 1 fully saturated rings. The third-order valence-corrected chi connectivity index (χ3v) is 5.09. The summed E-state index contributed by atoms with van der Waals surface area (Å²) in [6.45, 7) is 3.43. The second-order valence-corrected chi connectivity index (χ2v) is 6.43. The maximum atomic E-state index is 12.6. The van der Waals surface area contributed by atoms with Gasteiger partial charge in [-0.1, -0.05) is 6.08 Å². The third-order valence-electron chi connectivity index (χ3n) is 5.09. The Bertz CT molecular complexity index is 372. The molecule has 2 aliphatic carbocycles. The fourth-order valence-corrected chi connectivity index (χ4v) is 3.67. The quantitative estimate of drug-likeness (QED) is 0.816. The van der Waals surface area contributed by atoms with E-state index in [1.54, 1.807) is 0 Å². The maximum Gasteiger partial charge on any atom is 0.240 e. The summed E-state index contributed by atoms with van der Waals surface area (Å²) in [6.07, 6.45) is 10.5. The van der Waals surface area contributed by atoms with Crippen LogP contribution >= 0.6 is 0 Å². The minimum absolute atomic E-state index is 0.267. The molecule has 2 aliphatic rings. The number of likely N-dealkylation sites (N-methyl/N-ethyl adjacent to an activating group) is 2. The summed E-state index contributed by atoms with van der Waals surface area (Å²) in [7, 11) is 4.16. The second kappa shape index (κ2) is 7.95. The van der Waals surface area contributed by atoms with E-state index >= 15 is 0 Å². The van der Waals surface area contributed by atoms with Gasteiger partial charge in [0.1, 0.15) is 0 Å². The Morgan fingerprint density at radius 3 is 2.57 bits per heavy atom. The van der Waals surface area contributed by atoms with Crippen molar-refractivity contribution in [3.63, 3.8) is 0 Å². The summed E-state index contributed by atoms with van der Waals surface area (Å²) < 4.78 is 0. The van der Waals surface area contributed by atoms with Crippen LogP contribution < -0.4 is 5.32 Å². The molecule has 4 heteroatoms. The Morgan fingerprint density at radius 1 is 1.33 bits per heavy atom. The van der Waals surface area contributed by atoms with E-state index in [4.69, 9.17) is 0 Å². The molecule has 1 N–H and O–H groups in total. The fraction of sp³-hybridized carbons (Fsp3) is 0.824. The molecular weight excluding hydrogens is 262 g/mol. The van der Waals surface area contributed by atoms with Gasteiger partial charge in [-0.3, -0.25) is 9.69 Å². The number of nitrogens with one attached hydrogen (secondary N) is 1. The van der Waals surface area contributed by atoms with Gasteiger partial charge in [0, 0.05) is 24.3 Å². The monoisotopic (exact) mass is 293 g/mol. The van der Waals surface area contributed by atoms with E-state index in [0.29, 0.717) is 18.6 Å². The van der Waals surface area contributed by atoms with Crippen molar-refractivity contribution in [2.45, 2.75) is 64.0 Å². The standard InChI is InChI=1S/C17H31N3O/c1-4-20(16-7-5-6-8-16)17(21)13-19(3)15-11-9-14(18-2)10-12-15/h7,14-15,18H,4-6,8-13H2,1-3H3. The fourth-order valence-electron chi connectivity index (χ4n) is 3.67. The van der Waals surface area contributed by atoms with Gasteiger partial charge in [0.2, 0.25) is 5.91 Å². The average Bonchev–Trinajstić information content (AvgIpc) is 3.02.